The molecule has 1 aromatic rings. The molecule has 0 saturated carbocycles. The Balaban J connectivity index is 1.49. The second-order valence-electron chi connectivity index (χ2n) is 9.71. The van der Waals surface area contributed by atoms with Gasteiger partial charge in [-0.15, -0.1) is 0 Å². The summed E-state index contributed by atoms with van der Waals surface area (Å²) in [6.45, 7) is 10.0. The van der Waals surface area contributed by atoms with Crippen LogP contribution in [0, 0.1) is 11.8 Å². The van der Waals surface area contributed by atoms with Crippen molar-refractivity contribution >= 4 is 5.91 Å². The Morgan fingerprint density at radius 1 is 1.16 bits per heavy atom. The minimum absolute atomic E-state index is 0.179. The van der Waals surface area contributed by atoms with Crippen LogP contribution >= 0.6 is 0 Å². The summed E-state index contributed by atoms with van der Waals surface area (Å²) in [5.74, 6) is 1.90. The second-order valence-corrected chi connectivity index (χ2v) is 9.71. The van der Waals surface area contributed by atoms with Crippen molar-refractivity contribution in [3.8, 4) is 5.75 Å². The SMILES string of the molecule is CCC(CC)C(=O)N1CCC[C@@H](COc2cccc(CN(C)C3CCN(C)CC3)c2)C1. The highest BCUT2D eigenvalue weighted by molar-refractivity contribution is 5.78. The van der Waals surface area contributed by atoms with E-state index in [2.05, 4.69) is 66.9 Å². The molecule has 5 nitrogen and oxygen atoms in total. The number of amides is 1. The Kier molecular flexibility index (Phi) is 9.21. The lowest BCUT2D eigenvalue weighted by Crippen LogP contribution is -2.44. The van der Waals surface area contributed by atoms with E-state index in [0.29, 0.717) is 24.5 Å². The lowest BCUT2D eigenvalue weighted by molar-refractivity contribution is -0.137. The summed E-state index contributed by atoms with van der Waals surface area (Å²) in [5.41, 5.74) is 1.31. The van der Waals surface area contributed by atoms with Crippen molar-refractivity contribution in [3.63, 3.8) is 0 Å². The fraction of sp³-hybridized carbons (Fsp3) is 0.731. The number of ether oxygens (including phenoxy) is 1. The third-order valence-electron chi connectivity index (χ3n) is 7.29. The topological polar surface area (TPSA) is 36.0 Å². The third-order valence-corrected chi connectivity index (χ3v) is 7.29. The molecule has 3 rings (SSSR count). The van der Waals surface area contributed by atoms with Gasteiger partial charge in [-0.2, -0.15) is 0 Å². The second kappa shape index (κ2) is 11.9. The van der Waals surface area contributed by atoms with Gasteiger partial charge in [0.2, 0.25) is 5.91 Å². The highest BCUT2D eigenvalue weighted by Crippen LogP contribution is 2.23. The van der Waals surface area contributed by atoms with Crippen molar-refractivity contribution < 1.29 is 9.53 Å². The Hall–Kier alpha value is -1.59. The predicted octanol–water partition coefficient (Wildman–Crippen LogP) is 4.27. The van der Waals surface area contributed by atoms with Gasteiger partial charge < -0.3 is 14.5 Å². The molecule has 0 N–H and O–H groups in total. The first-order chi connectivity index (χ1) is 15.0. The van der Waals surface area contributed by atoms with Crippen LogP contribution in [0.3, 0.4) is 0 Å². The fourth-order valence-electron chi connectivity index (χ4n) is 5.10. The van der Waals surface area contributed by atoms with Crippen molar-refractivity contribution in [2.45, 2.75) is 65.0 Å². The number of nitrogens with zero attached hydrogens (tertiary/aromatic N) is 3. The first-order valence-electron chi connectivity index (χ1n) is 12.4. The maximum Gasteiger partial charge on any atom is 0.225 e. The van der Waals surface area contributed by atoms with Gasteiger partial charge in [0.15, 0.2) is 0 Å². The highest BCUT2D eigenvalue weighted by atomic mass is 16.5. The van der Waals surface area contributed by atoms with Crippen LogP contribution in [-0.4, -0.2) is 73.5 Å². The van der Waals surface area contributed by atoms with Crippen molar-refractivity contribution in [1.82, 2.24) is 14.7 Å². The number of rotatable bonds is 9. The minimum atomic E-state index is 0.179. The van der Waals surface area contributed by atoms with Crippen molar-refractivity contribution in [2.24, 2.45) is 11.8 Å². The molecule has 0 aromatic heterocycles. The number of hydrogen-bond donors (Lipinski definition) is 0. The van der Waals surface area contributed by atoms with E-state index in [1.54, 1.807) is 0 Å². The molecular formula is C26H43N3O2. The van der Waals surface area contributed by atoms with Crippen LogP contribution in [0.5, 0.6) is 5.75 Å². The van der Waals surface area contributed by atoms with Crippen LogP contribution in [-0.2, 0) is 11.3 Å². The maximum atomic E-state index is 12.8. The van der Waals surface area contributed by atoms with Gasteiger partial charge in [-0.3, -0.25) is 9.69 Å². The molecule has 1 aromatic carbocycles. The third kappa shape index (κ3) is 6.95. The molecule has 1 amide bonds. The van der Waals surface area contributed by atoms with E-state index < -0.39 is 0 Å². The summed E-state index contributed by atoms with van der Waals surface area (Å²) in [7, 11) is 4.46. The molecular weight excluding hydrogens is 386 g/mol. The smallest absolute Gasteiger partial charge is 0.225 e. The average molecular weight is 430 g/mol. The molecule has 2 heterocycles. The summed E-state index contributed by atoms with van der Waals surface area (Å²) in [6.07, 6.45) is 6.60. The average Bonchev–Trinajstić information content (AvgIpc) is 2.79. The van der Waals surface area contributed by atoms with Crippen LogP contribution in [0.2, 0.25) is 0 Å². The van der Waals surface area contributed by atoms with E-state index in [9.17, 15) is 4.79 Å². The number of piperidine rings is 2. The molecule has 174 valence electrons. The lowest BCUT2D eigenvalue weighted by atomic mass is 9.95. The summed E-state index contributed by atoms with van der Waals surface area (Å²) in [5, 5.41) is 0. The maximum absolute atomic E-state index is 12.8. The normalized spacial score (nSPS) is 21.1. The van der Waals surface area contributed by atoms with Gasteiger partial charge in [0.1, 0.15) is 5.75 Å². The monoisotopic (exact) mass is 429 g/mol. The summed E-state index contributed by atoms with van der Waals surface area (Å²) < 4.78 is 6.21. The van der Waals surface area contributed by atoms with E-state index in [-0.39, 0.29) is 5.92 Å². The molecule has 0 radical (unpaired) electrons. The van der Waals surface area contributed by atoms with E-state index in [0.717, 1.165) is 51.1 Å². The Bertz CT molecular complexity index is 683. The first-order valence-corrected chi connectivity index (χ1v) is 12.4. The van der Waals surface area contributed by atoms with Gasteiger partial charge in [0, 0.05) is 37.5 Å². The first kappa shape index (κ1) is 24.1. The Labute approximate surface area is 189 Å². The molecule has 2 aliphatic heterocycles. The molecule has 0 aliphatic carbocycles. The molecule has 2 aliphatic rings. The summed E-state index contributed by atoms with van der Waals surface area (Å²) in [6, 6.07) is 9.24. The van der Waals surface area contributed by atoms with Crippen molar-refractivity contribution in [1.29, 1.82) is 0 Å². The molecule has 0 spiro atoms. The zero-order valence-electron chi connectivity index (χ0n) is 20.2. The van der Waals surface area contributed by atoms with Crippen LogP contribution in [0.4, 0.5) is 0 Å². The van der Waals surface area contributed by atoms with Gasteiger partial charge in [0.05, 0.1) is 6.61 Å². The number of carbonyl (C=O) groups is 1. The fourth-order valence-corrected chi connectivity index (χ4v) is 5.10. The van der Waals surface area contributed by atoms with Crippen LogP contribution in [0.25, 0.3) is 0 Å². The molecule has 2 fully saturated rings. The predicted molar refractivity (Wildman–Crippen MR) is 127 cm³/mol. The van der Waals surface area contributed by atoms with Crippen LogP contribution in [0.15, 0.2) is 24.3 Å². The molecule has 31 heavy (non-hydrogen) atoms. The zero-order chi connectivity index (χ0) is 22.2. The quantitative estimate of drug-likeness (QED) is 0.587. The summed E-state index contributed by atoms with van der Waals surface area (Å²) >= 11 is 0. The van der Waals surface area contributed by atoms with Crippen LogP contribution in [0.1, 0.15) is 57.9 Å². The highest BCUT2D eigenvalue weighted by Gasteiger charge is 2.27. The van der Waals surface area contributed by atoms with E-state index in [1.807, 2.05) is 0 Å². The summed E-state index contributed by atoms with van der Waals surface area (Å²) in [4.78, 5) is 19.8. The largest absolute Gasteiger partial charge is 0.493 e. The van der Waals surface area contributed by atoms with Gasteiger partial charge in [-0.1, -0.05) is 26.0 Å². The molecule has 5 heteroatoms. The standard InChI is InChI=1S/C26H43N3O2/c1-5-23(6-2)26(30)29-14-8-10-22(19-29)20-31-25-11-7-9-21(17-25)18-28(4)24-12-15-27(3)16-13-24/h7,9,11,17,22-24H,5-6,8,10,12-16,18-20H2,1-4H3/t22-/m1/s1. The van der Waals surface area contributed by atoms with Gasteiger partial charge >= 0.3 is 0 Å². The number of carbonyl (C=O) groups excluding carboxylic acids is 1. The zero-order valence-corrected chi connectivity index (χ0v) is 20.2. The number of likely N-dealkylation sites (tertiary alicyclic amines) is 2. The molecule has 0 bridgehead atoms. The van der Waals surface area contributed by atoms with Crippen molar-refractivity contribution in [3.05, 3.63) is 29.8 Å². The number of benzene rings is 1. The van der Waals surface area contributed by atoms with Crippen LogP contribution < -0.4 is 4.74 Å². The minimum Gasteiger partial charge on any atom is -0.493 e. The van der Waals surface area contributed by atoms with Crippen molar-refractivity contribution in [2.75, 3.05) is 46.9 Å². The molecule has 2 saturated heterocycles. The number of hydrogen-bond acceptors (Lipinski definition) is 4. The lowest BCUT2D eigenvalue weighted by Gasteiger charge is -2.35. The van der Waals surface area contributed by atoms with E-state index >= 15 is 0 Å². The van der Waals surface area contributed by atoms with E-state index in [1.165, 1.54) is 31.5 Å². The van der Waals surface area contributed by atoms with Gasteiger partial charge in [-0.05, 0) is 83.4 Å². The van der Waals surface area contributed by atoms with E-state index in [4.69, 9.17) is 4.74 Å². The van der Waals surface area contributed by atoms with Gasteiger partial charge in [-0.25, -0.2) is 0 Å². The Morgan fingerprint density at radius 2 is 1.90 bits per heavy atom. The Morgan fingerprint density at radius 3 is 2.61 bits per heavy atom. The molecule has 0 unspecified atom stereocenters. The van der Waals surface area contributed by atoms with Gasteiger partial charge in [0.25, 0.3) is 0 Å². The molecule has 1 atom stereocenters.